The zero-order valence-electron chi connectivity index (χ0n) is 13.9. The molecule has 3 rings (SSSR count). The second kappa shape index (κ2) is 7.12. The number of carbonyl (C=O) groups is 2. The second-order valence-corrected chi connectivity index (χ2v) is 7.03. The minimum atomic E-state index is -0.226. The zero-order valence-corrected chi connectivity index (χ0v) is 14.7. The highest BCUT2D eigenvalue weighted by atomic mass is 32.1. The predicted molar refractivity (Wildman–Crippen MR) is 92.3 cm³/mol. The molecule has 0 fully saturated rings. The lowest BCUT2D eigenvalue weighted by molar-refractivity contribution is -0.116. The number of hydrogen-bond donors (Lipinski definition) is 2. The Hall–Kier alpha value is -2.22. The Bertz CT molecular complexity index is 741. The van der Waals surface area contributed by atoms with Crippen LogP contribution in [0.3, 0.4) is 0 Å². The molecule has 1 aliphatic carbocycles. The number of hydrogen-bond acceptors (Lipinski definition) is 5. The molecule has 2 N–H and O–H groups in total. The van der Waals surface area contributed by atoms with E-state index in [0.29, 0.717) is 10.8 Å². The molecule has 0 unspecified atom stereocenters. The van der Waals surface area contributed by atoms with Crippen LogP contribution in [0.15, 0.2) is 6.07 Å². The molecule has 2 amide bonds. The van der Waals surface area contributed by atoms with Crippen molar-refractivity contribution >= 4 is 28.3 Å². The Morgan fingerprint density at radius 3 is 2.83 bits per heavy atom. The van der Waals surface area contributed by atoms with Crippen LogP contribution in [0.1, 0.15) is 46.0 Å². The lowest BCUT2D eigenvalue weighted by Crippen LogP contribution is -2.29. The van der Waals surface area contributed by atoms with Crippen molar-refractivity contribution in [3.63, 3.8) is 0 Å². The standard InChI is InChI=1S/C16H21N5O2S/c1-10-9-12(21(2)20-10)15(23)17-8-7-14(22)19-16-18-11-5-3-4-6-13(11)24-16/h9H,3-8H2,1-2H3,(H,17,23)(H,18,19,22). The molecule has 0 aromatic carbocycles. The largest absolute Gasteiger partial charge is 0.350 e. The van der Waals surface area contributed by atoms with Crippen LogP contribution in [-0.4, -0.2) is 33.1 Å². The highest BCUT2D eigenvalue weighted by Crippen LogP contribution is 2.29. The van der Waals surface area contributed by atoms with Crippen LogP contribution in [0, 0.1) is 6.92 Å². The Morgan fingerprint density at radius 2 is 2.12 bits per heavy atom. The molecule has 128 valence electrons. The summed E-state index contributed by atoms with van der Waals surface area (Å²) in [6.45, 7) is 2.11. The lowest BCUT2D eigenvalue weighted by atomic mass is 10.0. The maximum atomic E-state index is 12.0. The van der Waals surface area contributed by atoms with Crippen LogP contribution in [-0.2, 0) is 24.7 Å². The third kappa shape index (κ3) is 3.81. The summed E-state index contributed by atoms with van der Waals surface area (Å²) in [5.41, 5.74) is 2.40. The molecule has 0 radical (unpaired) electrons. The summed E-state index contributed by atoms with van der Waals surface area (Å²) < 4.78 is 1.53. The van der Waals surface area contributed by atoms with Gasteiger partial charge in [-0.25, -0.2) is 4.98 Å². The summed E-state index contributed by atoms with van der Waals surface area (Å²) in [4.78, 5) is 29.8. The molecule has 2 heterocycles. The Kier molecular flexibility index (Phi) is 4.94. The quantitative estimate of drug-likeness (QED) is 0.863. The van der Waals surface area contributed by atoms with Crippen LogP contribution in [0.5, 0.6) is 0 Å². The number of anilines is 1. The van der Waals surface area contributed by atoms with Gasteiger partial charge in [0.25, 0.3) is 5.91 Å². The van der Waals surface area contributed by atoms with Gasteiger partial charge in [0.05, 0.1) is 11.4 Å². The monoisotopic (exact) mass is 347 g/mol. The average molecular weight is 347 g/mol. The maximum Gasteiger partial charge on any atom is 0.269 e. The van der Waals surface area contributed by atoms with Gasteiger partial charge in [-0.05, 0) is 38.7 Å². The van der Waals surface area contributed by atoms with Gasteiger partial charge in [-0.1, -0.05) is 0 Å². The molecular weight excluding hydrogens is 326 g/mol. The number of nitrogens with one attached hydrogen (secondary N) is 2. The molecule has 0 spiro atoms. The van der Waals surface area contributed by atoms with Gasteiger partial charge < -0.3 is 10.6 Å². The lowest BCUT2D eigenvalue weighted by Gasteiger charge is -2.06. The van der Waals surface area contributed by atoms with E-state index in [1.165, 1.54) is 22.4 Å². The summed E-state index contributed by atoms with van der Waals surface area (Å²) in [7, 11) is 1.72. The minimum Gasteiger partial charge on any atom is -0.350 e. The zero-order chi connectivity index (χ0) is 17.1. The molecular formula is C16H21N5O2S. The summed E-state index contributed by atoms with van der Waals surface area (Å²) in [5.74, 6) is -0.363. The molecule has 8 heteroatoms. The molecule has 0 saturated heterocycles. The SMILES string of the molecule is Cc1cc(C(=O)NCCC(=O)Nc2nc3c(s2)CCCC3)n(C)n1. The first-order valence-corrected chi connectivity index (χ1v) is 8.92. The number of thiazole rings is 1. The number of rotatable bonds is 5. The number of fused-ring (bicyclic) bond motifs is 1. The summed E-state index contributed by atoms with van der Waals surface area (Å²) in [5, 5.41) is 10.4. The maximum absolute atomic E-state index is 12.0. The minimum absolute atomic E-state index is 0.136. The number of aromatic nitrogens is 3. The van der Waals surface area contributed by atoms with Gasteiger partial charge >= 0.3 is 0 Å². The van der Waals surface area contributed by atoms with E-state index in [1.807, 2.05) is 6.92 Å². The third-order valence-electron chi connectivity index (χ3n) is 3.96. The Morgan fingerprint density at radius 1 is 1.33 bits per heavy atom. The normalized spacial score (nSPS) is 13.4. The smallest absolute Gasteiger partial charge is 0.269 e. The van der Waals surface area contributed by atoms with Gasteiger partial charge in [0.15, 0.2) is 5.13 Å². The highest BCUT2D eigenvalue weighted by molar-refractivity contribution is 7.15. The fraction of sp³-hybridized carbons (Fsp3) is 0.500. The molecule has 0 saturated carbocycles. The first-order chi connectivity index (χ1) is 11.5. The van der Waals surface area contributed by atoms with E-state index in [-0.39, 0.29) is 24.8 Å². The molecule has 2 aromatic heterocycles. The van der Waals surface area contributed by atoms with Gasteiger partial charge in [-0.3, -0.25) is 14.3 Å². The summed E-state index contributed by atoms with van der Waals surface area (Å²) in [6, 6.07) is 1.72. The number of aryl methyl sites for hydroxylation is 4. The Balaban J connectivity index is 1.46. The van der Waals surface area contributed by atoms with Crippen molar-refractivity contribution in [2.45, 2.75) is 39.0 Å². The van der Waals surface area contributed by atoms with Crippen LogP contribution in [0.4, 0.5) is 5.13 Å². The third-order valence-corrected chi connectivity index (χ3v) is 5.04. The predicted octanol–water partition coefficient (Wildman–Crippen LogP) is 1.82. The molecule has 0 aliphatic heterocycles. The fourth-order valence-electron chi connectivity index (χ4n) is 2.79. The van der Waals surface area contributed by atoms with Crippen molar-refractivity contribution in [2.75, 3.05) is 11.9 Å². The van der Waals surface area contributed by atoms with E-state index in [4.69, 9.17) is 0 Å². The number of nitrogens with zero attached hydrogens (tertiary/aromatic N) is 3. The van der Waals surface area contributed by atoms with Crippen LogP contribution in [0.2, 0.25) is 0 Å². The van der Waals surface area contributed by atoms with E-state index in [2.05, 4.69) is 20.7 Å². The molecule has 7 nitrogen and oxygen atoms in total. The first-order valence-electron chi connectivity index (χ1n) is 8.10. The van der Waals surface area contributed by atoms with E-state index >= 15 is 0 Å². The van der Waals surface area contributed by atoms with Gasteiger partial charge in [0.2, 0.25) is 5.91 Å². The van der Waals surface area contributed by atoms with Crippen LogP contribution < -0.4 is 10.6 Å². The summed E-state index contributed by atoms with van der Waals surface area (Å²) in [6.07, 6.45) is 4.64. The van der Waals surface area contributed by atoms with Gasteiger partial charge in [0.1, 0.15) is 5.69 Å². The van der Waals surface area contributed by atoms with Gasteiger partial charge in [-0.2, -0.15) is 5.10 Å². The van der Waals surface area contributed by atoms with Crippen molar-refractivity contribution in [3.05, 3.63) is 28.0 Å². The van der Waals surface area contributed by atoms with Gasteiger partial charge in [0, 0.05) is 24.9 Å². The van der Waals surface area contributed by atoms with Crippen molar-refractivity contribution in [3.8, 4) is 0 Å². The van der Waals surface area contributed by atoms with Crippen LogP contribution in [0.25, 0.3) is 0 Å². The van der Waals surface area contributed by atoms with Crippen LogP contribution >= 0.6 is 11.3 Å². The topological polar surface area (TPSA) is 88.9 Å². The number of carbonyl (C=O) groups excluding carboxylic acids is 2. The van der Waals surface area contributed by atoms with E-state index < -0.39 is 0 Å². The number of amides is 2. The molecule has 0 bridgehead atoms. The molecule has 24 heavy (non-hydrogen) atoms. The average Bonchev–Trinajstić information content (AvgIpc) is 3.08. The fourth-order valence-corrected chi connectivity index (χ4v) is 3.86. The van der Waals surface area contributed by atoms with E-state index in [9.17, 15) is 9.59 Å². The van der Waals surface area contributed by atoms with E-state index in [0.717, 1.165) is 24.2 Å². The van der Waals surface area contributed by atoms with Crippen molar-refractivity contribution in [1.82, 2.24) is 20.1 Å². The molecule has 2 aromatic rings. The van der Waals surface area contributed by atoms with E-state index in [1.54, 1.807) is 24.5 Å². The van der Waals surface area contributed by atoms with Gasteiger partial charge in [-0.15, -0.1) is 11.3 Å². The molecule has 0 atom stereocenters. The Labute approximate surface area is 144 Å². The molecule has 1 aliphatic rings. The highest BCUT2D eigenvalue weighted by Gasteiger charge is 2.16. The van der Waals surface area contributed by atoms with Crippen molar-refractivity contribution < 1.29 is 9.59 Å². The first kappa shape index (κ1) is 16.6. The van der Waals surface area contributed by atoms with Crippen molar-refractivity contribution in [1.29, 1.82) is 0 Å². The second-order valence-electron chi connectivity index (χ2n) is 5.94. The van der Waals surface area contributed by atoms with Crippen molar-refractivity contribution in [2.24, 2.45) is 7.05 Å². The summed E-state index contributed by atoms with van der Waals surface area (Å²) >= 11 is 1.56.